The molecule has 0 fully saturated rings. The van der Waals surface area contributed by atoms with Crippen molar-refractivity contribution in [3.05, 3.63) is 125 Å². The molecule has 4 heteroatoms. The molecule has 0 spiro atoms. The van der Waals surface area contributed by atoms with Gasteiger partial charge in [-0.2, -0.15) is 0 Å². The van der Waals surface area contributed by atoms with Crippen LogP contribution in [0.3, 0.4) is 0 Å². The van der Waals surface area contributed by atoms with Gasteiger partial charge in [0.2, 0.25) is 5.78 Å². The lowest BCUT2D eigenvalue weighted by Crippen LogP contribution is -2.22. The van der Waals surface area contributed by atoms with Gasteiger partial charge in [-0.3, -0.25) is 14.4 Å². The summed E-state index contributed by atoms with van der Waals surface area (Å²) in [5.74, 6) is -0.807. The minimum atomic E-state index is -0.293. The third-order valence-electron chi connectivity index (χ3n) is 5.94. The normalized spacial score (nSPS) is 12.8. The van der Waals surface area contributed by atoms with E-state index in [4.69, 9.17) is 0 Å². The summed E-state index contributed by atoms with van der Waals surface area (Å²) in [4.78, 5) is 40.5. The number of rotatable bonds is 2. The van der Waals surface area contributed by atoms with Gasteiger partial charge in [0.15, 0.2) is 11.6 Å². The second kappa shape index (κ2) is 6.34. The number of ketones is 3. The third kappa shape index (κ3) is 2.39. The first-order valence-corrected chi connectivity index (χ1v) is 10.00. The standard InChI is InChI=1S/C27H15NO3/c29-25(18-13-12-16-7-1-2-8-17(16)15-18)22-21-11-5-6-14-28(21)24-23(22)26(30)19-9-3-4-10-20(19)27(24)31/h1-15H. The Balaban J connectivity index is 1.65. The van der Waals surface area contributed by atoms with E-state index in [-0.39, 0.29) is 34.2 Å². The Hall–Kier alpha value is -4.31. The fraction of sp³-hybridized carbons (Fsp3) is 0. The van der Waals surface area contributed by atoms with Gasteiger partial charge in [0, 0.05) is 22.9 Å². The second-order valence-electron chi connectivity index (χ2n) is 7.65. The highest BCUT2D eigenvalue weighted by Crippen LogP contribution is 2.35. The first-order chi connectivity index (χ1) is 15.1. The number of pyridine rings is 1. The molecule has 0 atom stereocenters. The number of aromatic nitrogens is 1. The molecule has 6 rings (SSSR count). The summed E-state index contributed by atoms with van der Waals surface area (Å²) >= 11 is 0. The van der Waals surface area contributed by atoms with Gasteiger partial charge in [-0.1, -0.05) is 66.7 Å². The van der Waals surface area contributed by atoms with E-state index in [1.807, 2.05) is 36.4 Å². The van der Waals surface area contributed by atoms with E-state index in [1.165, 1.54) is 0 Å². The second-order valence-corrected chi connectivity index (χ2v) is 7.65. The van der Waals surface area contributed by atoms with Crippen LogP contribution in [0.25, 0.3) is 16.3 Å². The fourth-order valence-electron chi connectivity index (χ4n) is 4.50. The van der Waals surface area contributed by atoms with Crippen molar-refractivity contribution in [1.29, 1.82) is 0 Å². The number of carbonyl (C=O) groups excluding carboxylic acids is 3. The van der Waals surface area contributed by atoms with E-state index < -0.39 is 0 Å². The SMILES string of the molecule is O=C1c2ccccc2C(=O)c2c1c(C(=O)c1ccc3ccccc3c1)c1ccccn21. The minimum Gasteiger partial charge on any atom is -0.312 e. The van der Waals surface area contributed by atoms with Crippen LogP contribution >= 0.6 is 0 Å². The number of hydrogen-bond acceptors (Lipinski definition) is 3. The third-order valence-corrected chi connectivity index (χ3v) is 5.94. The lowest BCUT2D eigenvalue weighted by Gasteiger charge is -2.15. The number of carbonyl (C=O) groups is 3. The largest absolute Gasteiger partial charge is 0.312 e. The molecule has 0 unspecified atom stereocenters. The molecule has 0 saturated heterocycles. The van der Waals surface area contributed by atoms with Crippen LogP contribution in [0.5, 0.6) is 0 Å². The summed E-state index contributed by atoms with van der Waals surface area (Å²) in [6.07, 6.45) is 1.73. The molecule has 0 bridgehead atoms. The Morgan fingerprint density at radius 2 is 1.35 bits per heavy atom. The molecule has 0 N–H and O–H groups in total. The van der Waals surface area contributed by atoms with Crippen LogP contribution in [0.1, 0.15) is 47.9 Å². The van der Waals surface area contributed by atoms with Crippen molar-refractivity contribution in [1.82, 2.24) is 4.40 Å². The first kappa shape index (κ1) is 17.5. The van der Waals surface area contributed by atoms with Crippen molar-refractivity contribution in [2.75, 3.05) is 0 Å². The van der Waals surface area contributed by atoms with Gasteiger partial charge >= 0.3 is 0 Å². The van der Waals surface area contributed by atoms with Gasteiger partial charge < -0.3 is 4.40 Å². The number of fused-ring (bicyclic) bond motifs is 5. The summed E-state index contributed by atoms with van der Waals surface area (Å²) in [7, 11) is 0. The van der Waals surface area contributed by atoms with Crippen molar-refractivity contribution < 1.29 is 14.4 Å². The zero-order chi connectivity index (χ0) is 21.1. The Bertz CT molecular complexity index is 1590. The van der Waals surface area contributed by atoms with Crippen molar-refractivity contribution in [3.8, 4) is 0 Å². The minimum absolute atomic E-state index is 0.188. The maximum Gasteiger partial charge on any atom is 0.211 e. The molecule has 4 nitrogen and oxygen atoms in total. The van der Waals surface area contributed by atoms with E-state index in [0.29, 0.717) is 22.2 Å². The molecule has 0 radical (unpaired) electrons. The topological polar surface area (TPSA) is 55.6 Å². The van der Waals surface area contributed by atoms with Crippen LogP contribution in [-0.2, 0) is 0 Å². The Kier molecular flexibility index (Phi) is 3.59. The molecule has 2 heterocycles. The molecule has 5 aromatic rings. The molecule has 31 heavy (non-hydrogen) atoms. The molecule has 0 amide bonds. The Labute approximate surface area is 177 Å². The fourth-order valence-corrected chi connectivity index (χ4v) is 4.50. The summed E-state index contributed by atoms with van der Waals surface area (Å²) in [6.45, 7) is 0. The van der Waals surface area contributed by atoms with Gasteiger partial charge in [0.1, 0.15) is 5.69 Å². The molecule has 146 valence electrons. The predicted octanol–water partition coefficient (Wildman–Crippen LogP) is 5.10. The van der Waals surface area contributed by atoms with Crippen molar-refractivity contribution in [2.45, 2.75) is 0 Å². The average molecular weight is 401 g/mol. The van der Waals surface area contributed by atoms with E-state index in [1.54, 1.807) is 59.1 Å². The maximum absolute atomic E-state index is 13.7. The Morgan fingerprint density at radius 3 is 2.16 bits per heavy atom. The van der Waals surface area contributed by atoms with E-state index in [0.717, 1.165) is 10.8 Å². The molecule has 2 aromatic heterocycles. The smallest absolute Gasteiger partial charge is 0.211 e. The van der Waals surface area contributed by atoms with Crippen LogP contribution in [0.4, 0.5) is 0 Å². The number of benzene rings is 3. The van der Waals surface area contributed by atoms with Crippen LogP contribution in [0.15, 0.2) is 91.1 Å². The highest BCUT2D eigenvalue weighted by atomic mass is 16.1. The molecule has 0 aliphatic heterocycles. The van der Waals surface area contributed by atoms with Crippen LogP contribution in [0, 0.1) is 0 Å². The molecular formula is C27H15NO3. The summed E-state index contributed by atoms with van der Waals surface area (Å²) in [6, 6.07) is 25.4. The van der Waals surface area contributed by atoms with Crippen molar-refractivity contribution in [3.63, 3.8) is 0 Å². The number of hydrogen-bond donors (Lipinski definition) is 0. The van der Waals surface area contributed by atoms with E-state index in [2.05, 4.69) is 0 Å². The van der Waals surface area contributed by atoms with Crippen LogP contribution in [-0.4, -0.2) is 21.8 Å². The summed E-state index contributed by atoms with van der Waals surface area (Å²) in [5.41, 5.74) is 2.46. The summed E-state index contributed by atoms with van der Waals surface area (Å²) in [5, 5.41) is 1.97. The van der Waals surface area contributed by atoms with Gasteiger partial charge in [0.05, 0.1) is 16.6 Å². The zero-order valence-electron chi connectivity index (χ0n) is 16.3. The van der Waals surface area contributed by atoms with E-state index in [9.17, 15) is 14.4 Å². The maximum atomic E-state index is 13.7. The molecule has 0 saturated carbocycles. The molecule has 3 aromatic carbocycles. The molecular weight excluding hydrogens is 386 g/mol. The van der Waals surface area contributed by atoms with Gasteiger partial charge in [0.25, 0.3) is 0 Å². The van der Waals surface area contributed by atoms with Gasteiger partial charge in [-0.25, -0.2) is 0 Å². The van der Waals surface area contributed by atoms with Crippen LogP contribution in [0.2, 0.25) is 0 Å². The van der Waals surface area contributed by atoms with Gasteiger partial charge in [-0.05, 0) is 29.0 Å². The highest BCUT2D eigenvalue weighted by molar-refractivity contribution is 6.33. The predicted molar refractivity (Wildman–Crippen MR) is 118 cm³/mol. The summed E-state index contributed by atoms with van der Waals surface area (Å²) < 4.78 is 1.67. The van der Waals surface area contributed by atoms with Crippen molar-refractivity contribution in [2.24, 2.45) is 0 Å². The van der Waals surface area contributed by atoms with Crippen molar-refractivity contribution >= 4 is 33.6 Å². The van der Waals surface area contributed by atoms with E-state index >= 15 is 0 Å². The molecule has 1 aliphatic rings. The Morgan fingerprint density at radius 1 is 0.677 bits per heavy atom. The average Bonchev–Trinajstić information content (AvgIpc) is 3.17. The quantitative estimate of drug-likeness (QED) is 0.379. The lowest BCUT2D eigenvalue weighted by atomic mass is 9.84. The lowest BCUT2D eigenvalue weighted by molar-refractivity contribution is 0.0970. The van der Waals surface area contributed by atoms with Gasteiger partial charge in [-0.15, -0.1) is 0 Å². The first-order valence-electron chi connectivity index (χ1n) is 10.00. The zero-order valence-corrected chi connectivity index (χ0v) is 16.3. The number of nitrogens with zero attached hydrogens (tertiary/aromatic N) is 1. The molecule has 1 aliphatic carbocycles. The highest BCUT2D eigenvalue weighted by Gasteiger charge is 2.37. The van der Waals surface area contributed by atoms with Crippen LogP contribution < -0.4 is 0 Å². The monoisotopic (exact) mass is 401 g/mol.